The lowest BCUT2D eigenvalue weighted by Crippen LogP contribution is -2.17. The van der Waals surface area contributed by atoms with Crippen molar-refractivity contribution in [3.63, 3.8) is 0 Å². The van der Waals surface area contributed by atoms with Crippen LogP contribution in [0.25, 0.3) is 0 Å². The maximum absolute atomic E-state index is 11.3. The summed E-state index contributed by atoms with van der Waals surface area (Å²) >= 11 is 3.27. The van der Waals surface area contributed by atoms with Crippen LogP contribution < -0.4 is 15.2 Å². The minimum Gasteiger partial charge on any atom is -0.493 e. The lowest BCUT2D eigenvalue weighted by Gasteiger charge is -2.16. The summed E-state index contributed by atoms with van der Waals surface area (Å²) < 4.78 is 16.8. The van der Waals surface area contributed by atoms with Crippen molar-refractivity contribution in [3.8, 4) is 11.5 Å². The van der Waals surface area contributed by atoms with Gasteiger partial charge in [-0.25, -0.2) is 0 Å². The summed E-state index contributed by atoms with van der Waals surface area (Å²) in [5.74, 6) is 0.542. The van der Waals surface area contributed by atoms with Gasteiger partial charge >= 0.3 is 0 Å². The Bertz CT molecular complexity index is 458. The molecule has 1 aromatic carbocycles. The minimum atomic E-state index is -0.517. The van der Waals surface area contributed by atoms with Crippen LogP contribution in [0.2, 0.25) is 0 Å². The zero-order chi connectivity index (χ0) is 13.1. The van der Waals surface area contributed by atoms with Crippen molar-refractivity contribution in [2.45, 2.75) is 12.5 Å². The zero-order valence-corrected chi connectivity index (χ0v) is 11.5. The normalized spacial score (nSPS) is 18.7. The number of halogens is 1. The van der Waals surface area contributed by atoms with Crippen LogP contribution in [-0.4, -0.2) is 32.3 Å². The van der Waals surface area contributed by atoms with Crippen LogP contribution >= 0.6 is 15.9 Å². The molecule has 2 rings (SSSR count). The van der Waals surface area contributed by atoms with Gasteiger partial charge in [-0.05, 0) is 28.1 Å². The summed E-state index contributed by atoms with van der Waals surface area (Å²) in [5.41, 5.74) is 5.66. The number of primary amides is 1. The molecule has 1 atom stereocenters. The minimum absolute atomic E-state index is 0.0131. The molecule has 1 aromatic rings. The van der Waals surface area contributed by atoms with Crippen molar-refractivity contribution in [1.82, 2.24) is 0 Å². The van der Waals surface area contributed by atoms with E-state index in [-0.39, 0.29) is 6.10 Å². The van der Waals surface area contributed by atoms with E-state index < -0.39 is 5.91 Å². The van der Waals surface area contributed by atoms with Crippen LogP contribution in [-0.2, 0) is 4.74 Å². The lowest BCUT2D eigenvalue weighted by molar-refractivity contribution is 0.0998. The number of carbonyl (C=O) groups excluding carboxylic acids is 1. The second kappa shape index (κ2) is 5.58. The van der Waals surface area contributed by atoms with Gasteiger partial charge in [-0.3, -0.25) is 4.79 Å². The van der Waals surface area contributed by atoms with E-state index in [1.54, 1.807) is 19.2 Å². The third-order valence-electron chi connectivity index (χ3n) is 2.70. The molecular weight excluding hydrogens is 302 g/mol. The summed E-state index contributed by atoms with van der Waals surface area (Å²) in [7, 11) is 1.55. The second-order valence-electron chi connectivity index (χ2n) is 3.95. The van der Waals surface area contributed by atoms with Crippen LogP contribution in [0.5, 0.6) is 11.5 Å². The highest BCUT2D eigenvalue weighted by molar-refractivity contribution is 9.10. The highest BCUT2D eigenvalue weighted by Crippen LogP contribution is 2.34. The summed E-state index contributed by atoms with van der Waals surface area (Å²) in [6, 6.07) is 3.26. The fourth-order valence-corrected chi connectivity index (χ4v) is 2.28. The molecule has 2 N–H and O–H groups in total. The summed E-state index contributed by atoms with van der Waals surface area (Å²) in [5, 5.41) is 0. The molecule has 0 aromatic heterocycles. The van der Waals surface area contributed by atoms with Crippen LogP contribution in [0, 0.1) is 0 Å². The Morgan fingerprint density at radius 2 is 2.28 bits per heavy atom. The van der Waals surface area contributed by atoms with Crippen molar-refractivity contribution in [3.05, 3.63) is 22.2 Å². The quantitative estimate of drug-likeness (QED) is 0.918. The average molecular weight is 316 g/mol. The third kappa shape index (κ3) is 2.76. The molecule has 18 heavy (non-hydrogen) atoms. The SMILES string of the molecule is COc1cc(Br)c(C(N)=O)cc1OC1CCOC1. The number of ether oxygens (including phenoxy) is 3. The molecule has 98 valence electrons. The van der Waals surface area contributed by atoms with E-state index in [1.807, 2.05) is 0 Å². The van der Waals surface area contributed by atoms with E-state index in [2.05, 4.69) is 15.9 Å². The van der Waals surface area contributed by atoms with Gasteiger partial charge in [0, 0.05) is 10.9 Å². The van der Waals surface area contributed by atoms with Crippen molar-refractivity contribution in [2.75, 3.05) is 20.3 Å². The van der Waals surface area contributed by atoms with Crippen molar-refractivity contribution < 1.29 is 19.0 Å². The molecule has 1 aliphatic heterocycles. The number of rotatable bonds is 4. The molecule has 1 aliphatic rings. The van der Waals surface area contributed by atoms with Gasteiger partial charge in [0.2, 0.25) is 5.91 Å². The number of amides is 1. The molecule has 1 unspecified atom stereocenters. The van der Waals surface area contributed by atoms with Gasteiger partial charge in [0.1, 0.15) is 6.10 Å². The number of hydrogen-bond donors (Lipinski definition) is 1. The number of hydrogen-bond acceptors (Lipinski definition) is 4. The second-order valence-corrected chi connectivity index (χ2v) is 4.80. The molecule has 1 fully saturated rings. The maximum Gasteiger partial charge on any atom is 0.249 e. The van der Waals surface area contributed by atoms with E-state index in [0.29, 0.717) is 34.7 Å². The molecule has 0 saturated carbocycles. The lowest BCUT2D eigenvalue weighted by atomic mass is 10.2. The summed E-state index contributed by atoms with van der Waals surface area (Å²) in [6.45, 7) is 1.23. The molecule has 0 aliphatic carbocycles. The molecular formula is C12H14BrNO4. The van der Waals surface area contributed by atoms with Crippen LogP contribution in [0.15, 0.2) is 16.6 Å². The smallest absolute Gasteiger partial charge is 0.249 e. The number of benzene rings is 1. The number of methoxy groups -OCH3 is 1. The zero-order valence-electron chi connectivity index (χ0n) is 9.94. The van der Waals surface area contributed by atoms with E-state index in [0.717, 1.165) is 6.42 Å². The van der Waals surface area contributed by atoms with Gasteiger partial charge in [-0.15, -0.1) is 0 Å². The first kappa shape index (κ1) is 13.2. The van der Waals surface area contributed by atoms with Crippen LogP contribution in [0.4, 0.5) is 0 Å². The standard InChI is InChI=1S/C12H14BrNO4/c1-16-10-5-9(13)8(12(14)15)4-11(10)18-7-2-3-17-6-7/h4-5,7H,2-3,6H2,1H3,(H2,14,15). The van der Waals surface area contributed by atoms with Gasteiger partial charge in [0.25, 0.3) is 0 Å². The van der Waals surface area contributed by atoms with E-state index in [4.69, 9.17) is 19.9 Å². The van der Waals surface area contributed by atoms with E-state index in [1.165, 1.54) is 0 Å². The number of carbonyl (C=O) groups is 1. The summed E-state index contributed by atoms with van der Waals surface area (Å²) in [4.78, 5) is 11.3. The monoisotopic (exact) mass is 315 g/mol. The highest BCUT2D eigenvalue weighted by atomic mass is 79.9. The molecule has 0 radical (unpaired) electrons. The largest absolute Gasteiger partial charge is 0.493 e. The Hall–Kier alpha value is -1.27. The Morgan fingerprint density at radius 3 is 2.83 bits per heavy atom. The molecule has 1 amide bonds. The van der Waals surface area contributed by atoms with Crippen molar-refractivity contribution in [1.29, 1.82) is 0 Å². The first-order chi connectivity index (χ1) is 8.61. The Labute approximate surface area is 113 Å². The first-order valence-electron chi connectivity index (χ1n) is 5.53. The number of nitrogens with two attached hydrogens (primary N) is 1. The topological polar surface area (TPSA) is 70.8 Å². The van der Waals surface area contributed by atoms with Gasteiger partial charge in [0.05, 0.1) is 25.9 Å². The predicted molar refractivity (Wildman–Crippen MR) is 69.1 cm³/mol. The van der Waals surface area contributed by atoms with Crippen molar-refractivity contribution >= 4 is 21.8 Å². The molecule has 5 nitrogen and oxygen atoms in total. The van der Waals surface area contributed by atoms with E-state index in [9.17, 15) is 4.79 Å². The van der Waals surface area contributed by atoms with Gasteiger partial charge in [-0.1, -0.05) is 0 Å². The van der Waals surface area contributed by atoms with Crippen LogP contribution in [0.1, 0.15) is 16.8 Å². The van der Waals surface area contributed by atoms with Gasteiger partial charge in [-0.2, -0.15) is 0 Å². The average Bonchev–Trinajstić information content (AvgIpc) is 2.83. The highest BCUT2D eigenvalue weighted by Gasteiger charge is 2.21. The molecule has 1 saturated heterocycles. The molecule has 1 heterocycles. The molecule has 0 bridgehead atoms. The maximum atomic E-state index is 11.3. The third-order valence-corrected chi connectivity index (χ3v) is 3.36. The van der Waals surface area contributed by atoms with Gasteiger partial charge in [0.15, 0.2) is 11.5 Å². The fourth-order valence-electron chi connectivity index (χ4n) is 1.76. The van der Waals surface area contributed by atoms with E-state index >= 15 is 0 Å². The first-order valence-corrected chi connectivity index (χ1v) is 6.33. The van der Waals surface area contributed by atoms with Crippen LogP contribution in [0.3, 0.4) is 0 Å². The van der Waals surface area contributed by atoms with Crippen molar-refractivity contribution in [2.24, 2.45) is 5.73 Å². The Kier molecular flexibility index (Phi) is 4.08. The predicted octanol–water partition coefficient (Wildman–Crippen LogP) is 1.72. The summed E-state index contributed by atoms with van der Waals surface area (Å²) in [6.07, 6.45) is 0.811. The Morgan fingerprint density at radius 1 is 1.50 bits per heavy atom. The Balaban J connectivity index is 2.30. The van der Waals surface area contributed by atoms with Gasteiger partial charge < -0.3 is 19.9 Å². The molecule has 6 heteroatoms. The fraction of sp³-hybridized carbons (Fsp3) is 0.417. The molecule has 0 spiro atoms.